The maximum absolute atomic E-state index is 12.1. The molecule has 0 spiro atoms. The van der Waals surface area contributed by atoms with Crippen LogP contribution in [0.15, 0.2) is 0 Å². The summed E-state index contributed by atoms with van der Waals surface area (Å²) in [7, 11) is 0. The first-order valence-electron chi connectivity index (χ1n) is 6.93. The van der Waals surface area contributed by atoms with E-state index in [1.807, 2.05) is 6.92 Å². The average Bonchev–Trinajstić information content (AvgIpc) is 2.33. The number of nitrogens with one attached hydrogen (secondary N) is 1. The summed E-state index contributed by atoms with van der Waals surface area (Å²) < 4.78 is 0. The number of carbonyl (C=O) groups is 3. The van der Waals surface area contributed by atoms with Gasteiger partial charge in [0.25, 0.3) is 0 Å². The lowest BCUT2D eigenvalue weighted by Crippen LogP contribution is -2.50. The molecule has 114 valence electrons. The molecule has 2 atom stereocenters. The molecule has 2 amide bonds. The number of nitrogens with zero attached hydrogens (tertiary/aromatic N) is 1. The van der Waals surface area contributed by atoms with Crippen molar-refractivity contribution in [3.8, 4) is 0 Å². The SMILES string of the molecule is C[C@@H]1C[C@H](C(=O)O)CCN1C(=O)CNC(=O)C(C)(C)C. The largest absolute Gasteiger partial charge is 0.481 e. The molecule has 0 aromatic rings. The van der Waals surface area contributed by atoms with Gasteiger partial charge in [0.2, 0.25) is 11.8 Å². The Balaban J connectivity index is 2.49. The third-order valence-corrected chi connectivity index (χ3v) is 3.63. The molecular weight excluding hydrogens is 260 g/mol. The van der Waals surface area contributed by atoms with E-state index in [0.29, 0.717) is 19.4 Å². The molecule has 0 radical (unpaired) electrons. The Morgan fingerprint density at radius 2 is 1.90 bits per heavy atom. The average molecular weight is 284 g/mol. The van der Waals surface area contributed by atoms with E-state index in [2.05, 4.69) is 5.32 Å². The van der Waals surface area contributed by atoms with Crippen molar-refractivity contribution in [3.63, 3.8) is 0 Å². The molecule has 6 nitrogen and oxygen atoms in total. The predicted molar refractivity (Wildman–Crippen MR) is 74.0 cm³/mol. The zero-order valence-corrected chi connectivity index (χ0v) is 12.6. The maximum atomic E-state index is 12.1. The van der Waals surface area contributed by atoms with Gasteiger partial charge in [0, 0.05) is 18.0 Å². The van der Waals surface area contributed by atoms with E-state index in [4.69, 9.17) is 5.11 Å². The second kappa shape index (κ2) is 6.24. The fourth-order valence-electron chi connectivity index (χ4n) is 2.29. The Morgan fingerprint density at radius 1 is 1.30 bits per heavy atom. The highest BCUT2D eigenvalue weighted by Crippen LogP contribution is 2.23. The number of piperidine rings is 1. The summed E-state index contributed by atoms with van der Waals surface area (Å²) in [5, 5.41) is 11.6. The first-order chi connectivity index (χ1) is 9.12. The van der Waals surface area contributed by atoms with Crippen molar-refractivity contribution in [2.75, 3.05) is 13.1 Å². The summed E-state index contributed by atoms with van der Waals surface area (Å²) in [6, 6.07) is -0.108. The van der Waals surface area contributed by atoms with Crippen LogP contribution in [0.4, 0.5) is 0 Å². The lowest BCUT2D eigenvalue weighted by Gasteiger charge is -2.36. The summed E-state index contributed by atoms with van der Waals surface area (Å²) in [4.78, 5) is 36.4. The van der Waals surface area contributed by atoms with E-state index in [1.54, 1.807) is 25.7 Å². The first kappa shape index (κ1) is 16.5. The van der Waals surface area contributed by atoms with Gasteiger partial charge in [0.05, 0.1) is 12.5 Å². The molecule has 0 unspecified atom stereocenters. The number of rotatable bonds is 3. The van der Waals surface area contributed by atoms with Gasteiger partial charge in [0.1, 0.15) is 0 Å². The summed E-state index contributed by atoms with van der Waals surface area (Å²) in [5.41, 5.74) is -0.526. The molecule has 0 aromatic heterocycles. The van der Waals surface area contributed by atoms with Crippen LogP contribution in [-0.2, 0) is 14.4 Å². The number of carboxylic acids is 1. The van der Waals surface area contributed by atoms with Crippen LogP contribution in [0.25, 0.3) is 0 Å². The number of carboxylic acid groups (broad SMARTS) is 1. The molecule has 1 aliphatic rings. The Bertz CT molecular complexity index is 400. The summed E-state index contributed by atoms with van der Waals surface area (Å²) in [6.45, 7) is 7.61. The van der Waals surface area contributed by atoms with E-state index < -0.39 is 11.4 Å². The highest BCUT2D eigenvalue weighted by atomic mass is 16.4. The number of likely N-dealkylation sites (tertiary alicyclic amines) is 1. The molecule has 6 heteroatoms. The maximum Gasteiger partial charge on any atom is 0.306 e. The molecule has 0 saturated carbocycles. The molecule has 1 heterocycles. The summed E-state index contributed by atoms with van der Waals surface area (Å²) >= 11 is 0. The Labute approximate surface area is 119 Å². The van der Waals surface area contributed by atoms with Crippen LogP contribution in [0.1, 0.15) is 40.5 Å². The number of hydrogen-bond donors (Lipinski definition) is 2. The molecule has 0 aromatic carbocycles. The molecular formula is C14H24N2O4. The molecule has 2 N–H and O–H groups in total. The van der Waals surface area contributed by atoms with Crippen molar-refractivity contribution in [3.05, 3.63) is 0 Å². The monoisotopic (exact) mass is 284 g/mol. The highest BCUT2D eigenvalue weighted by Gasteiger charge is 2.32. The molecule has 0 bridgehead atoms. The zero-order chi connectivity index (χ0) is 15.5. The van der Waals surface area contributed by atoms with Crippen molar-refractivity contribution < 1.29 is 19.5 Å². The number of aliphatic carboxylic acids is 1. The first-order valence-corrected chi connectivity index (χ1v) is 6.93. The van der Waals surface area contributed by atoms with E-state index in [9.17, 15) is 14.4 Å². The van der Waals surface area contributed by atoms with E-state index in [0.717, 1.165) is 0 Å². The lowest BCUT2D eigenvalue weighted by molar-refractivity contribution is -0.147. The second-order valence-electron chi connectivity index (χ2n) is 6.43. The van der Waals surface area contributed by atoms with Crippen LogP contribution in [0.5, 0.6) is 0 Å². The molecule has 1 aliphatic heterocycles. The minimum atomic E-state index is -0.801. The van der Waals surface area contributed by atoms with Crippen LogP contribution in [0.3, 0.4) is 0 Å². The fraction of sp³-hybridized carbons (Fsp3) is 0.786. The number of amides is 2. The molecule has 0 aliphatic carbocycles. The van der Waals surface area contributed by atoms with Crippen LogP contribution in [0.2, 0.25) is 0 Å². The van der Waals surface area contributed by atoms with Gasteiger partial charge in [-0.15, -0.1) is 0 Å². The van der Waals surface area contributed by atoms with Gasteiger partial charge in [-0.2, -0.15) is 0 Å². The Hall–Kier alpha value is -1.59. The number of carbonyl (C=O) groups excluding carboxylic acids is 2. The van der Waals surface area contributed by atoms with E-state index in [1.165, 1.54) is 0 Å². The molecule has 1 rings (SSSR count). The van der Waals surface area contributed by atoms with Crippen molar-refractivity contribution in [1.82, 2.24) is 10.2 Å². The Kier molecular flexibility index (Phi) is 5.14. The van der Waals surface area contributed by atoms with Gasteiger partial charge in [-0.25, -0.2) is 0 Å². The number of hydrogen-bond acceptors (Lipinski definition) is 3. The van der Waals surface area contributed by atoms with Crippen molar-refractivity contribution in [2.24, 2.45) is 11.3 Å². The van der Waals surface area contributed by atoms with Crippen molar-refractivity contribution in [2.45, 2.75) is 46.6 Å². The second-order valence-corrected chi connectivity index (χ2v) is 6.43. The Morgan fingerprint density at radius 3 is 2.35 bits per heavy atom. The topological polar surface area (TPSA) is 86.7 Å². The van der Waals surface area contributed by atoms with E-state index >= 15 is 0 Å². The van der Waals surface area contributed by atoms with Gasteiger partial charge in [0.15, 0.2) is 0 Å². The minimum Gasteiger partial charge on any atom is -0.481 e. The molecule has 1 saturated heterocycles. The highest BCUT2D eigenvalue weighted by molar-refractivity contribution is 5.87. The van der Waals surface area contributed by atoms with Crippen LogP contribution < -0.4 is 5.32 Å². The lowest BCUT2D eigenvalue weighted by atomic mass is 9.91. The smallest absolute Gasteiger partial charge is 0.306 e. The summed E-state index contributed by atoms with van der Waals surface area (Å²) in [6.07, 6.45) is 0.937. The van der Waals surface area contributed by atoms with Gasteiger partial charge in [-0.3, -0.25) is 14.4 Å². The minimum absolute atomic E-state index is 0.0296. The van der Waals surface area contributed by atoms with Crippen LogP contribution in [0, 0.1) is 11.3 Å². The van der Waals surface area contributed by atoms with Gasteiger partial charge < -0.3 is 15.3 Å². The van der Waals surface area contributed by atoms with Gasteiger partial charge in [-0.1, -0.05) is 20.8 Å². The normalized spacial score (nSPS) is 23.3. The molecule has 20 heavy (non-hydrogen) atoms. The fourth-order valence-corrected chi connectivity index (χ4v) is 2.29. The third kappa shape index (κ3) is 4.21. The standard InChI is InChI=1S/C14H24N2O4/c1-9-7-10(12(18)19)5-6-16(9)11(17)8-15-13(20)14(2,3)4/h9-10H,5-8H2,1-4H3,(H,15,20)(H,18,19)/t9-,10-/m1/s1. The predicted octanol–water partition coefficient (Wildman–Crippen LogP) is 0.860. The van der Waals surface area contributed by atoms with Crippen molar-refractivity contribution in [1.29, 1.82) is 0 Å². The third-order valence-electron chi connectivity index (χ3n) is 3.63. The van der Waals surface area contributed by atoms with E-state index in [-0.39, 0.29) is 30.3 Å². The summed E-state index contributed by atoms with van der Waals surface area (Å²) in [5.74, 6) is -1.50. The zero-order valence-electron chi connectivity index (χ0n) is 12.6. The van der Waals surface area contributed by atoms with Gasteiger partial charge in [-0.05, 0) is 19.8 Å². The molecule has 1 fully saturated rings. The quantitative estimate of drug-likeness (QED) is 0.804. The van der Waals surface area contributed by atoms with Crippen molar-refractivity contribution >= 4 is 17.8 Å². The van der Waals surface area contributed by atoms with Crippen LogP contribution >= 0.6 is 0 Å². The van der Waals surface area contributed by atoms with Crippen LogP contribution in [-0.4, -0.2) is 46.9 Å². The van der Waals surface area contributed by atoms with Gasteiger partial charge >= 0.3 is 5.97 Å².